The van der Waals surface area contributed by atoms with Crippen LogP contribution in [0.1, 0.15) is 36.8 Å². The first-order chi connectivity index (χ1) is 23.7. The maximum atomic E-state index is 13.7. The van der Waals surface area contributed by atoms with Crippen molar-refractivity contribution in [3.05, 3.63) is 77.9 Å². The van der Waals surface area contributed by atoms with Gasteiger partial charge in [0, 0.05) is 36.7 Å². The summed E-state index contributed by atoms with van der Waals surface area (Å²) in [6.45, 7) is 3.97. The highest BCUT2D eigenvalue weighted by atomic mass is 32.2. The van der Waals surface area contributed by atoms with Gasteiger partial charge < -0.3 is 21.1 Å². The summed E-state index contributed by atoms with van der Waals surface area (Å²) in [6.07, 6.45) is 3.55. The Hall–Kier alpha value is -4.50. The number of aromatic amines is 1. The van der Waals surface area contributed by atoms with Crippen LogP contribution in [0.4, 0.5) is 5.69 Å². The molecule has 2 amide bonds. The van der Waals surface area contributed by atoms with Crippen LogP contribution in [0.15, 0.2) is 71.6 Å². The lowest BCUT2D eigenvalue weighted by Gasteiger charge is -2.28. The molecule has 1 saturated carbocycles. The minimum Gasteiger partial charge on any atom is -0.379 e. The highest BCUT2D eigenvalue weighted by Gasteiger charge is 2.30. The zero-order chi connectivity index (χ0) is 34.4. The Balaban J connectivity index is 1.19. The van der Waals surface area contributed by atoms with Crippen LogP contribution >= 0.6 is 0 Å². The highest BCUT2D eigenvalue weighted by molar-refractivity contribution is 7.89. The number of aromatic nitrogens is 4. The first-order valence-electron chi connectivity index (χ1n) is 16.6. The van der Waals surface area contributed by atoms with Crippen LogP contribution < -0.4 is 16.4 Å². The van der Waals surface area contributed by atoms with E-state index >= 15 is 0 Å². The van der Waals surface area contributed by atoms with Gasteiger partial charge in [0.05, 0.1) is 18.1 Å². The van der Waals surface area contributed by atoms with E-state index in [4.69, 9.17) is 10.5 Å². The van der Waals surface area contributed by atoms with Crippen molar-refractivity contribution >= 4 is 27.5 Å². The van der Waals surface area contributed by atoms with Gasteiger partial charge in [-0.1, -0.05) is 30.3 Å². The van der Waals surface area contributed by atoms with Gasteiger partial charge in [-0.25, -0.2) is 8.42 Å². The van der Waals surface area contributed by atoms with E-state index in [2.05, 4.69) is 31.3 Å². The number of sulfonamides is 1. The van der Waals surface area contributed by atoms with Crippen LogP contribution in [0.25, 0.3) is 22.5 Å². The lowest BCUT2D eigenvalue weighted by molar-refractivity contribution is -0.130. The van der Waals surface area contributed by atoms with Crippen molar-refractivity contribution in [2.24, 2.45) is 17.6 Å². The quantitative estimate of drug-likeness (QED) is 0.184. The van der Waals surface area contributed by atoms with E-state index in [0.717, 1.165) is 53.5 Å². The number of carbonyl (C=O) groups excluding carboxylic acids is 2. The number of hydrogen-bond acceptors (Lipinski definition) is 9. The molecule has 1 saturated heterocycles. The van der Waals surface area contributed by atoms with E-state index in [1.54, 1.807) is 36.4 Å². The Morgan fingerprint density at radius 1 is 0.980 bits per heavy atom. The molecule has 49 heavy (non-hydrogen) atoms. The van der Waals surface area contributed by atoms with Crippen molar-refractivity contribution in [3.8, 4) is 22.5 Å². The molecule has 1 atom stereocenters. The molecule has 1 aliphatic carbocycles. The number of nitrogens with one attached hydrogen (secondary N) is 3. The standard InChI is InChI=1S/C35H42N8O5S/c1-23-2-15-30(49(46,47)43-16-18-48-19-17-43)21-31(23)26-7-3-24(4-8-26)20-32(38-34(44)28-9-5-25(22-36)6-10-28)35(45)37-29-13-11-27(12-14-29)33-39-41-42-40-33/h2-4,7-8,11-15,21,25,28,32H,5-6,9-10,16-20,22,36H2,1H3,(H,37,45)(H,38,44)(H,39,40,41,42). The van der Waals surface area contributed by atoms with Gasteiger partial charge in [-0.15, -0.1) is 10.2 Å². The second-order valence-corrected chi connectivity index (χ2v) is 14.6. The molecule has 5 N–H and O–H groups in total. The summed E-state index contributed by atoms with van der Waals surface area (Å²) in [5.41, 5.74) is 10.6. The molecule has 1 unspecified atom stereocenters. The monoisotopic (exact) mass is 686 g/mol. The summed E-state index contributed by atoms with van der Waals surface area (Å²) >= 11 is 0. The number of benzene rings is 3. The second kappa shape index (κ2) is 15.4. The molecule has 14 heteroatoms. The van der Waals surface area contributed by atoms with E-state index in [9.17, 15) is 18.0 Å². The third kappa shape index (κ3) is 8.21. The second-order valence-electron chi connectivity index (χ2n) is 12.7. The summed E-state index contributed by atoms with van der Waals surface area (Å²) in [5.74, 6) is 0.238. The zero-order valence-corrected chi connectivity index (χ0v) is 28.3. The van der Waals surface area contributed by atoms with E-state index in [1.807, 2.05) is 37.3 Å². The first-order valence-corrected chi connectivity index (χ1v) is 18.1. The number of hydrogen-bond donors (Lipinski definition) is 4. The van der Waals surface area contributed by atoms with E-state index in [-0.39, 0.29) is 29.0 Å². The van der Waals surface area contributed by atoms with Crippen LogP contribution in [0.5, 0.6) is 0 Å². The third-order valence-electron chi connectivity index (χ3n) is 9.46. The number of aryl methyl sites for hydroxylation is 1. The van der Waals surface area contributed by atoms with Gasteiger partial charge >= 0.3 is 0 Å². The van der Waals surface area contributed by atoms with Gasteiger partial charge in [-0.05, 0) is 109 Å². The van der Waals surface area contributed by atoms with Gasteiger partial charge in [0.15, 0.2) is 0 Å². The minimum atomic E-state index is -3.66. The molecule has 2 fully saturated rings. The van der Waals surface area contributed by atoms with Gasteiger partial charge in [0.25, 0.3) is 0 Å². The number of morpholine rings is 1. The molecule has 6 rings (SSSR count). The molecule has 0 bridgehead atoms. The van der Waals surface area contributed by atoms with E-state index in [0.29, 0.717) is 50.3 Å². The number of H-pyrrole nitrogens is 1. The molecular weight excluding hydrogens is 645 g/mol. The zero-order valence-electron chi connectivity index (χ0n) is 27.5. The Morgan fingerprint density at radius 2 is 1.67 bits per heavy atom. The van der Waals surface area contributed by atoms with Gasteiger partial charge in [-0.3, -0.25) is 9.59 Å². The van der Waals surface area contributed by atoms with Crippen molar-refractivity contribution in [2.75, 3.05) is 38.2 Å². The van der Waals surface area contributed by atoms with Crippen molar-refractivity contribution in [1.82, 2.24) is 30.2 Å². The Bertz CT molecular complexity index is 1840. The molecule has 1 aliphatic heterocycles. The summed E-state index contributed by atoms with van der Waals surface area (Å²) in [6, 6.07) is 19.1. The SMILES string of the molecule is Cc1ccc(S(=O)(=O)N2CCOCC2)cc1-c1ccc(CC(NC(=O)C2CCC(CN)CC2)C(=O)Nc2ccc(-c3nn[nH]n3)cc2)cc1. The van der Waals surface area contributed by atoms with Crippen LogP contribution in [0.3, 0.4) is 0 Å². The molecular formula is C35H42N8O5S. The number of nitrogens with two attached hydrogens (primary N) is 1. The summed E-state index contributed by atoms with van der Waals surface area (Å²) < 4.78 is 33.5. The maximum Gasteiger partial charge on any atom is 0.247 e. The normalized spacial score (nSPS) is 19.2. The topological polar surface area (TPSA) is 185 Å². The summed E-state index contributed by atoms with van der Waals surface area (Å²) in [7, 11) is -3.66. The molecule has 2 heterocycles. The van der Waals surface area contributed by atoms with Crippen LogP contribution in [-0.2, 0) is 30.8 Å². The molecule has 2 aliphatic rings. The van der Waals surface area contributed by atoms with Crippen LogP contribution in [-0.4, -0.2) is 84.1 Å². The van der Waals surface area contributed by atoms with Crippen molar-refractivity contribution in [3.63, 3.8) is 0 Å². The first kappa shape index (κ1) is 34.4. The smallest absolute Gasteiger partial charge is 0.247 e. The van der Waals surface area contributed by atoms with Crippen LogP contribution in [0.2, 0.25) is 0 Å². The summed E-state index contributed by atoms with van der Waals surface area (Å²) in [4.78, 5) is 27.4. The number of rotatable bonds is 11. The number of ether oxygens (including phenoxy) is 1. The van der Waals surface area contributed by atoms with Crippen molar-refractivity contribution in [1.29, 1.82) is 0 Å². The van der Waals surface area contributed by atoms with Crippen molar-refractivity contribution in [2.45, 2.75) is 50.0 Å². The fraction of sp³-hybridized carbons (Fsp3) is 0.400. The van der Waals surface area contributed by atoms with E-state index in [1.165, 1.54) is 4.31 Å². The maximum absolute atomic E-state index is 13.7. The average Bonchev–Trinajstić information content (AvgIpc) is 3.68. The van der Waals surface area contributed by atoms with Gasteiger partial charge in [0.2, 0.25) is 27.7 Å². The Kier molecular flexibility index (Phi) is 10.8. The third-order valence-corrected chi connectivity index (χ3v) is 11.4. The number of nitrogens with zero attached hydrogens (tertiary/aromatic N) is 4. The molecule has 3 aromatic carbocycles. The van der Waals surface area contributed by atoms with Gasteiger partial charge in [0.1, 0.15) is 6.04 Å². The van der Waals surface area contributed by atoms with Gasteiger partial charge in [-0.2, -0.15) is 9.52 Å². The highest BCUT2D eigenvalue weighted by Crippen LogP contribution is 2.30. The number of amides is 2. The fourth-order valence-electron chi connectivity index (χ4n) is 6.44. The molecule has 13 nitrogen and oxygen atoms in total. The van der Waals surface area contributed by atoms with Crippen molar-refractivity contribution < 1.29 is 22.7 Å². The van der Waals surface area contributed by atoms with E-state index < -0.39 is 16.1 Å². The lowest BCUT2D eigenvalue weighted by atomic mass is 9.81. The number of tetrazole rings is 1. The molecule has 1 aromatic heterocycles. The predicted molar refractivity (Wildman–Crippen MR) is 185 cm³/mol. The average molecular weight is 687 g/mol. The molecule has 4 aromatic rings. The minimum absolute atomic E-state index is 0.131. The number of carbonyl (C=O) groups is 2. The lowest BCUT2D eigenvalue weighted by Crippen LogP contribution is -2.48. The molecule has 258 valence electrons. The Morgan fingerprint density at radius 3 is 2.33 bits per heavy atom. The largest absolute Gasteiger partial charge is 0.379 e. The number of anilines is 1. The van der Waals surface area contributed by atoms with Crippen LogP contribution in [0, 0.1) is 18.8 Å². The Labute approximate surface area is 286 Å². The molecule has 0 radical (unpaired) electrons. The predicted octanol–water partition coefficient (Wildman–Crippen LogP) is 3.29. The summed E-state index contributed by atoms with van der Waals surface area (Å²) in [5, 5.41) is 20.0. The molecule has 0 spiro atoms. The fourth-order valence-corrected chi connectivity index (χ4v) is 7.87.